The van der Waals surface area contributed by atoms with Gasteiger partial charge in [0.05, 0.1) is 10.7 Å². The van der Waals surface area contributed by atoms with Gasteiger partial charge in [0.1, 0.15) is 0 Å². The lowest BCUT2D eigenvalue weighted by molar-refractivity contribution is 0.896. The number of nitrogens with two attached hydrogens (primary N) is 1. The van der Waals surface area contributed by atoms with Crippen molar-refractivity contribution in [1.82, 2.24) is 5.43 Å². The second-order valence-corrected chi connectivity index (χ2v) is 2.69. The molecule has 3 nitrogen and oxygen atoms in total. The Kier molecular flexibility index (Phi) is 5.41. The monoisotopic (exact) mass is 187 g/mol. The summed E-state index contributed by atoms with van der Waals surface area (Å²) in [4.78, 5) is 0. The lowest BCUT2D eigenvalue weighted by atomic mass is 10.2. The summed E-state index contributed by atoms with van der Waals surface area (Å²) < 4.78 is 0. The van der Waals surface area contributed by atoms with Crippen LogP contribution in [0.25, 0.3) is 0 Å². The number of rotatable bonds is 4. The van der Waals surface area contributed by atoms with Gasteiger partial charge in [-0.2, -0.15) is 0 Å². The maximum atomic E-state index is 6.98. The molecule has 0 fully saturated rings. The molecule has 0 radical (unpaired) electrons. The lowest BCUT2D eigenvalue weighted by Crippen LogP contribution is -2.21. The number of hydrogen-bond donors (Lipinski definition) is 3. The third kappa shape index (κ3) is 3.07. The molecule has 68 valence electrons. The molecule has 0 aliphatic rings. The van der Waals surface area contributed by atoms with Crippen LogP contribution in [0.5, 0.6) is 0 Å². The predicted molar refractivity (Wildman–Crippen MR) is 53.0 cm³/mol. The minimum absolute atomic E-state index is 0.495. The molecule has 4 N–H and O–H groups in total. The highest BCUT2D eigenvalue weighted by Gasteiger charge is 2.01. The summed E-state index contributed by atoms with van der Waals surface area (Å²) in [7, 11) is 0. The first-order valence-electron chi connectivity index (χ1n) is 3.71. The molecule has 0 spiro atoms. The van der Waals surface area contributed by atoms with Crippen molar-refractivity contribution in [3.63, 3.8) is 0 Å². The SMILES string of the molecule is CC/C=C(NN)/C(Cl)=C(/C)C=N. The molecule has 0 bridgehead atoms. The summed E-state index contributed by atoms with van der Waals surface area (Å²) >= 11 is 5.89. The van der Waals surface area contributed by atoms with Crippen LogP contribution in [0, 0.1) is 5.41 Å². The van der Waals surface area contributed by atoms with Gasteiger partial charge in [-0.25, -0.2) is 0 Å². The van der Waals surface area contributed by atoms with Crippen molar-refractivity contribution in [2.24, 2.45) is 5.84 Å². The molecule has 0 aromatic heterocycles. The number of halogens is 1. The van der Waals surface area contributed by atoms with Crippen LogP contribution in [0.4, 0.5) is 0 Å². The van der Waals surface area contributed by atoms with E-state index in [-0.39, 0.29) is 0 Å². The molecule has 0 unspecified atom stereocenters. The van der Waals surface area contributed by atoms with Crippen LogP contribution >= 0.6 is 11.6 Å². The molecule has 0 aromatic rings. The molecule has 0 saturated heterocycles. The summed E-state index contributed by atoms with van der Waals surface area (Å²) in [6.45, 7) is 3.75. The van der Waals surface area contributed by atoms with Gasteiger partial charge in [-0.1, -0.05) is 24.6 Å². The largest absolute Gasteiger partial charge is 0.323 e. The van der Waals surface area contributed by atoms with E-state index in [0.717, 1.165) is 6.42 Å². The number of nitrogens with one attached hydrogen (secondary N) is 2. The van der Waals surface area contributed by atoms with Crippen molar-refractivity contribution in [2.75, 3.05) is 0 Å². The standard InChI is InChI=1S/C8H14ClN3/c1-3-4-7(12-11)8(9)6(2)5-10/h4-5,10,12H,3,11H2,1-2H3/b7-4-,8-6+,10-5?. The van der Waals surface area contributed by atoms with Gasteiger partial charge < -0.3 is 10.8 Å². The van der Waals surface area contributed by atoms with Crippen molar-refractivity contribution in [3.8, 4) is 0 Å². The normalized spacial score (nSPS) is 13.8. The Morgan fingerprint density at radius 3 is 2.58 bits per heavy atom. The molecule has 0 saturated carbocycles. The van der Waals surface area contributed by atoms with Gasteiger partial charge in [0.2, 0.25) is 0 Å². The zero-order chi connectivity index (χ0) is 9.56. The third-order valence-electron chi connectivity index (χ3n) is 1.36. The summed E-state index contributed by atoms with van der Waals surface area (Å²) in [6.07, 6.45) is 3.92. The summed E-state index contributed by atoms with van der Waals surface area (Å²) in [5.41, 5.74) is 3.84. The van der Waals surface area contributed by atoms with E-state index in [9.17, 15) is 0 Å². The van der Waals surface area contributed by atoms with Gasteiger partial charge in [0, 0.05) is 6.21 Å². The minimum atomic E-state index is 0.495. The Morgan fingerprint density at radius 2 is 2.25 bits per heavy atom. The van der Waals surface area contributed by atoms with E-state index >= 15 is 0 Å². The molecule has 12 heavy (non-hydrogen) atoms. The molecule has 0 heterocycles. The average Bonchev–Trinajstić information content (AvgIpc) is 2.11. The Balaban J connectivity index is 4.74. The van der Waals surface area contributed by atoms with E-state index in [1.807, 2.05) is 13.0 Å². The molecule has 0 aromatic carbocycles. The second-order valence-electron chi connectivity index (χ2n) is 2.31. The smallest absolute Gasteiger partial charge is 0.0691 e. The fourth-order valence-corrected chi connectivity index (χ4v) is 0.878. The van der Waals surface area contributed by atoms with Crippen molar-refractivity contribution >= 4 is 17.8 Å². The quantitative estimate of drug-likeness (QED) is 0.273. The first-order valence-corrected chi connectivity index (χ1v) is 4.09. The number of hydrazine groups is 1. The van der Waals surface area contributed by atoms with Gasteiger partial charge >= 0.3 is 0 Å². The number of allylic oxidation sites excluding steroid dienone is 3. The summed E-state index contributed by atoms with van der Waals surface area (Å²) in [6, 6.07) is 0. The van der Waals surface area contributed by atoms with Crippen LogP contribution in [0.15, 0.2) is 22.4 Å². The molecule has 0 aliphatic heterocycles. The zero-order valence-corrected chi connectivity index (χ0v) is 8.07. The second kappa shape index (κ2) is 5.80. The van der Waals surface area contributed by atoms with Crippen LogP contribution in [-0.2, 0) is 0 Å². The minimum Gasteiger partial charge on any atom is -0.323 e. The molecule has 0 amide bonds. The average molecular weight is 188 g/mol. The summed E-state index contributed by atoms with van der Waals surface area (Å²) in [5.74, 6) is 5.24. The zero-order valence-electron chi connectivity index (χ0n) is 7.32. The van der Waals surface area contributed by atoms with Gasteiger partial charge in [0.25, 0.3) is 0 Å². The van der Waals surface area contributed by atoms with E-state index in [1.165, 1.54) is 6.21 Å². The highest BCUT2D eigenvalue weighted by atomic mass is 35.5. The maximum Gasteiger partial charge on any atom is 0.0691 e. The molecule has 0 atom stereocenters. The lowest BCUT2D eigenvalue weighted by Gasteiger charge is -2.05. The van der Waals surface area contributed by atoms with E-state index in [1.54, 1.807) is 6.92 Å². The maximum absolute atomic E-state index is 6.98. The first-order chi connectivity index (χ1) is 5.67. The van der Waals surface area contributed by atoms with Gasteiger partial charge in [-0.3, -0.25) is 5.84 Å². The van der Waals surface area contributed by atoms with E-state index in [2.05, 4.69) is 5.43 Å². The van der Waals surface area contributed by atoms with Crippen molar-refractivity contribution < 1.29 is 0 Å². The fourth-order valence-electron chi connectivity index (χ4n) is 0.692. The van der Waals surface area contributed by atoms with Crippen molar-refractivity contribution in [3.05, 3.63) is 22.4 Å². The van der Waals surface area contributed by atoms with Crippen LogP contribution in [0.2, 0.25) is 0 Å². The van der Waals surface area contributed by atoms with Crippen LogP contribution < -0.4 is 11.3 Å². The summed E-state index contributed by atoms with van der Waals surface area (Å²) in [5, 5.41) is 7.47. The Labute approximate surface area is 77.8 Å². The molecule has 4 heteroatoms. The van der Waals surface area contributed by atoms with Crippen LogP contribution in [0.3, 0.4) is 0 Å². The first kappa shape index (κ1) is 11.2. The van der Waals surface area contributed by atoms with Gasteiger partial charge in [-0.05, 0) is 18.9 Å². The number of hydrogen-bond acceptors (Lipinski definition) is 3. The van der Waals surface area contributed by atoms with Crippen LogP contribution in [-0.4, -0.2) is 6.21 Å². The Hall–Kier alpha value is -0.800. The van der Waals surface area contributed by atoms with Crippen LogP contribution in [0.1, 0.15) is 20.3 Å². The molecular weight excluding hydrogens is 174 g/mol. The van der Waals surface area contributed by atoms with Gasteiger partial charge in [0.15, 0.2) is 0 Å². The predicted octanol–water partition coefficient (Wildman–Crippen LogP) is 1.91. The van der Waals surface area contributed by atoms with Crippen molar-refractivity contribution in [1.29, 1.82) is 5.41 Å². The molecule has 0 aliphatic carbocycles. The van der Waals surface area contributed by atoms with E-state index < -0.39 is 0 Å². The highest BCUT2D eigenvalue weighted by molar-refractivity contribution is 6.33. The topological polar surface area (TPSA) is 61.9 Å². The third-order valence-corrected chi connectivity index (χ3v) is 1.86. The van der Waals surface area contributed by atoms with E-state index in [4.69, 9.17) is 22.9 Å². The Bertz CT molecular complexity index is 218. The Morgan fingerprint density at radius 1 is 1.67 bits per heavy atom. The molecule has 0 rings (SSSR count). The van der Waals surface area contributed by atoms with E-state index in [0.29, 0.717) is 16.3 Å². The highest BCUT2D eigenvalue weighted by Crippen LogP contribution is 2.15. The molecular formula is C8H14ClN3. The van der Waals surface area contributed by atoms with Gasteiger partial charge in [-0.15, -0.1) is 0 Å². The fraction of sp³-hybridized carbons (Fsp3) is 0.375. The van der Waals surface area contributed by atoms with Crippen molar-refractivity contribution in [2.45, 2.75) is 20.3 Å².